The Bertz CT molecular complexity index is 557. The Kier molecular flexibility index (Phi) is 4.13. The SMILES string of the molecule is Cc1ccc(S(=O)(=O)N2CCCCC2CO)c(N)c1. The molecule has 19 heavy (non-hydrogen) atoms. The molecule has 0 aliphatic carbocycles. The number of aryl methyl sites for hydroxylation is 1. The lowest BCUT2D eigenvalue weighted by molar-refractivity contribution is 0.155. The van der Waals surface area contributed by atoms with Crippen LogP contribution >= 0.6 is 0 Å². The third-order valence-corrected chi connectivity index (χ3v) is 5.56. The first-order valence-electron chi connectivity index (χ1n) is 6.45. The van der Waals surface area contributed by atoms with E-state index in [-0.39, 0.29) is 23.2 Å². The largest absolute Gasteiger partial charge is 0.398 e. The molecule has 1 unspecified atom stereocenters. The van der Waals surface area contributed by atoms with E-state index in [1.54, 1.807) is 18.2 Å². The first kappa shape index (κ1) is 14.3. The molecule has 0 saturated carbocycles. The molecule has 1 aromatic rings. The molecule has 0 aromatic heterocycles. The second-order valence-electron chi connectivity index (χ2n) is 4.99. The lowest BCUT2D eigenvalue weighted by atomic mass is 10.1. The summed E-state index contributed by atoms with van der Waals surface area (Å²) in [6.07, 6.45) is 2.46. The van der Waals surface area contributed by atoms with Gasteiger partial charge in [-0.25, -0.2) is 8.42 Å². The molecule has 1 aliphatic rings. The molecule has 1 heterocycles. The third-order valence-electron chi connectivity index (χ3n) is 3.54. The van der Waals surface area contributed by atoms with Gasteiger partial charge in [0.25, 0.3) is 0 Å². The molecule has 5 nitrogen and oxygen atoms in total. The van der Waals surface area contributed by atoms with Crippen LogP contribution in [0.4, 0.5) is 5.69 Å². The predicted molar refractivity (Wildman–Crippen MR) is 74.2 cm³/mol. The molecule has 0 radical (unpaired) electrons. The third kappa shape index (κ3) is 2.75. The van der Waals surface area contributed by atoms with Gasteiger partial charge in [-0.05, 0) is 37.5 Å². The highest BCUT2D eigenvalue weighted by atomic mass is 32.2. The number of piperidine rings is 1. The summed E-state index contributed by atoms with van der Waals surface area (Å²) in [5.41, 5.74) is 7.02. The molecule has 1 aromatic carbocycles. The normalized spacial score (nSPS) is 21.5. The van der Waals surface area contributed by atoms with Crippen molar-refractivity contribution in [2.75, 3.05) is 18.9 Å². The van der Waals surface area contributed by atoms with Gasteiger partial charge in [-0.2, -0.15) is 4.31 Å². The fraction of sp³-hybridized carbons (Fsp3) is 0.538. The number of aliphatic hydroxyl groups excluding tert-OH is 1. The van der Waals surface area contributed by atoms with Crippen LogP contribution in [-0.4, -0.2) is 37.0 Å². The summed E-state index contributed by atoms with van der Waals surface area (Å²) >= 11 is 0. The lowest BCUT2D eigenvalue weighted by Gasteiger charge is -2.33. The van der Waals surface area contributed by atoms with E-state index >= 15 is 0 Å². The molecule has 1 fully saturated rings. The monoisotopic (exact) mass is 284 g/mol. The zero-order valence-corrected chi connectivity index (χ0v) is 11.9. The van der Waals surface area contributed by atoms with Gasteiger partial charge in [0.2, 0.25) is 10.0 Å². The number of anilines is 1. The Hall–Kier alpha value is -1.11. The summed E-state index contributed by atoms with van der Waals surface area (Å²) in [6, 6.07) is 4.61. The van der Waals surface area contributed by atoms with E-state index in [0.717, 1.165) is 18.4 Å². The minimum absolute atomic E-state index is 0.137. The maximum atomic E-state index is 12.6. The molecule has 3 N–H and O–H groups in total. The van der Waals surface area contributed by atoms with Gasteiger partial charge in [-0.3, -0.25) is 0 Å². The number of benzene rings is 1. The van der Waals surface area contributed by atoms with Gasteiger partial charge < -0.3 is 10.8 Å². The highest BCUT2D eigenvalue weighted by molar-refractivity contribution is 7.89. The van der Waals surface area contributed by atoms with Gasteiger partial charge in [0.1, 0.15) is 4.90 Å². The van der Waals surface area contributed by atoms with Gasteiger partial charge in [0.15, 0.2) is 0 Å². The van der Waals surface area contributed by atoms with E-state index in [9.17, 15) is 13.5 Å². The van der Waals surface area contributed by atoms with Crippen LogP contribution < -0.4 is 5.73 Å². The van der Waals surface area contributed by atoms with Crippen LogP contribution in [0.1, 0.15) is 24.8 Å². The number of nitrogens with zero attached hydrogens (tertiary/aromatic N) is 1. The van der Waals surface area contributed by atoms with E-state index in [4.69, 9.17) is 5.73 Å². The van der Waals surface area contributed by atoms with Crippen molar-refractivity contribution >= 4 is 15.7 Å². The van der Waals surface area contributed by atoms with Gasteiger partial charge in [-0.15, -0.1) is 0 Å². The van der Waals surface area contributed by atoms with Crippen molar-refractivity contribution in [3.05, 3.63) is 23.8 Å². The first-order valence-corrected chi connectivity index (χ1v) is 7.89. The van der Waals surface area contributed by atoms with E-state index < -0.39 is 10.0 Å². The number of aliphatic hydroxyl groups is 1. The maximum absolute atomic E-state index is 12.6. The smallest absolute Gasteiger partial charge is 0.245 e. The van der Waals surface area contributed by atoms with Crippen molar-refractivity contribution < 1.29 is 13.5 Å². The molecular formula is C13H20N2O3S. The summed E-state index contributed by atoms with van der Waals surface area (Å²) in [4.78, 5) is 0.137. The van der Waals surface area contributed by atoms with Crippen molar-refractivity contribution in [3.8, 4) is 0 Å². The van der Waals surface area contributed by atoms with E-state index in [1.807, 2.05) is 6.92 Å². The zero-order valence-electron chi connectivity index (χ0n) is 11.0. The standard InChI is InChI=1S/C13H20N2O3S/c1-10-5-6-13(12(14)8-10)19(17,18)15-7-3-2-4-11(15)9-16/h5-6,8,11,16H,2-4,7,9,14H2,1H3. The lowest BCUT2D eigenvalue weighted by Crippen LogP contribution is -2.45. The molecular weight excluding hydrogens is 264 g/mol. The van der Waals surface area contributed by atoms with Crippen molar-refractivity contribution in [2.45, 2.75) is 37.1 Å². The average molecular weight is 284 g/mol. The van der Waals surface area contributed by atoms with Crippen LogP contribution in [0.2, 0.25) is 0 Å². The fourth-order valence-electron chi connectivity index (χ4n) is 2.50. The molecule has 1 saturated heterocycles. The molecule has 1 aliphatic heterocycles. The Labute approximate surface area is 114 Å². The minimum atomic E-state index is -3.62. The Balaban J connectivity index is 2.40. The van der Waals surface area contributed by atoms with Gasteiger partial charge in [0.05, 0.1) is 12.3 Å². The summed E-state index contributed by atoms with van der Waals surface area (Å²) in [6.45, 7) is 2.16. The molecule has 1 atom stereocenters. The van der Waals surface area contributed by atoms with E-state index in [1.165, 1.54) is 4.31 Å². The molecule has 0 spiro atoms. The molecule has 6 heteroatoms. The average Bonchev–Trinajstić information content (AvgIpc) is 2.38. The van der Waals surface area contributed by atoms with Crippen molar-refractivity contribution in [3.63, 3.8) is 0 Å². The Morgan fingerprint density at radius 1 is 1.42 bits per heavy atom. The predicted octanol–water partition coefficient (Wildman–Crippen LogP) is 1.11. The highest BCUT2D eigenvalue weighted by Crippen LogP contribution is 2.28. The van der Waals surface area contributed by atoms with Crippen molar-refractivity contribution in [1.29, 1.82) is 0 Å². The zero-order chi connectivity index (χ0) is 14.0. The number of hydrogen-bond donors (Lipinski definition) is 2. The fourth-order valence-corrected chi connectivity index (χ4v) is 4.29. The summed E-state index contributed by atoms with van der Waals surface area (Å²) in [5, 5.41) is 9.35. The van der Waals surface area contributed by atoms with Crippen LogP contribution in [-0.2, 0) is 10.0 Å². The molecule has 0 bridgehead atoms. The van der Waals surface area contributed by atoms with Crippen LogP contribution in [0, 0.1) is 6.92 Å². The summed E-state index contributed by atoms with van der Waals surface area (Å²) < 4.78 is 26.6. The van der Waals surface area contributed by atoms with E-state index in [2.05, 4.69) is 0 Å². The second kappa shape index (κ2) is 5.48. The van der Waals surface area contributed by atoms with Crippen LogP contribution in [0.5, 0.6) is 0 Å². The highest BCUT2D eigenvalue weighted by Gasteiger charge is 2.34. The van der Waals surface area contributed by atoms with Gasteiger partial charge >= 0.3 is 0 Å². The van der Waals surface area contributed by atoms with Gasteiger partial charge in [0, 0.05) is 12.6 Å². The minimum Gasteiger partial charge on any atom is -0.398 e. The molecule has 0 amide bonds. The number of hydrogen-bond acceptors (Lipinski definition) is 4. The van der Waals surface area contributed by atoms with E-state index in [0.29, 0.717) is 13.0 Å². The Morgan fingerprint density at radius 2 is 2.16 bits per heavy atom. The maximum Gasteiger partial charge on any atom is 0.245 e. The van der Waals surface area contributed by atoms with Crippen LogP contribution in [0.3, 0.4) is 0 Å². The van der Waals surface area contributed by atoms with Crippen LogP contribution in [0.25, 0.3) is 0 Å². The Morgan fingerprint density at radius 3 is 2.79 bits per heavy atom. The quantitative estimate of drug-likeness (QED) is 0.815. The first-order chi connectivity index (χ1) is 8.96. The number of nitrogen functional groups attached to an aromatic ring is 1. The summed E-state index contributed by atoms with van der Waals surface area (Å²) in [5.74, 6) is 0. The van der Waals surface area contributed by atoms with Crippen LogP contribution in [0.15, 0.2) is 23.1 Å². The summed E-state index contributed by atoms with van der Waals surface area (Å²) in [7, 11) is -3.62. The molecule has 106 valence electrons. The number of sulfonamides is 1. The number of rotatable bonds is 3. The molecule has 2 rings (SSSR count). The van der Waals surface area contributed by atoms with Gasteiger partial charge in [-0.1, -0.05) is 12.5 Å². The second-order valence-corrected chi connectivity index (χ2v) is 6.85. The topological polar surface area (TPSA) is 83.6 Å². The van der Waals surface area contributed by atoms with Crippen molar-refractivity contribution in [2.24, 2.45) is 0 Å². The number of nitrogens with two attached hydrogens (primary N) is 1. The van der Waals surface area contributed by atoms with Crippen molar-refractivity contribution in [1.82, 2.24) is 4.31 Å².